The minimum atomic E-state index is -0.556. The summed E-state index contributed by atoms with van der Waals surface area (Å²) in [6, 6.07) is 18.3. The van der Waals surface area contributed by atoms with Crippen molar-refractivity contribution in [2.75, 3.05) is 18.7 Å². The third kappa shape index (κ3) is 5.19. The van der Waals surface area contributed by atoms with Crippen molar-refractivity contribution >= 4 is 29.4 Å². The molecule has 0 aliphatic carbocycles. The van der Waals surface area contributed by atoms with Gasteiger partial charge in [0.1, 0.15) is 12.4 Å². The van der Waals surface area contributed by atoms with Gasteiger partial charge in [0.25, 0.3) is 5.91 Å². The zero-order valence-corrected chi connectivity index (χ0v) is 21.4. The molecule has 8 nitrogen and oxygen atoms in total. The van der Waals surface area contributed by atoms with Crippen LogP contribution in [0.5, 0.6) is 11.5 Å². The molecule has 38 heavy (non-hydrogen) atoms. The number of imidazole rings is 1. The van der Waals surface area contributed by atoms with Gasteiger partial charge in [-0.2, -0.15) is 0 Å². The highest BCUT2D eigenvalue weighted by Gasteiger charge is 2.25. The van der Waals surface area contributed by atoms with Gasteiger partial charge < -0.3 is 14.4 Å². The summed E-state index contributed by atoms with van der Waals surface area (Å²) in [6.45, 7) is 3.53. The van der Waals surface area contributed by atoms with Crippen molar-refractivity contribution in [1.82, 2.24) is 14.5 Å². The van der Waals surface area contributed by atoms with Gasteiger partial charge in [-0.1, -0.05) is 41.9 Å². The number of hydrogen-bond donors (Lipinski definition) is 1. The van der Waals surface area contributed by atoms with Gasteiger partial charge in [0.15, 0.2) is 11.5 Å². The van der Waals surface area contributed by atoms with E-state index in [-0.39, 0.29) is 36.3 Å². The Kier molecular flexibility index (Phi) is 7.02. The van der Waals surface area contributed by atoms with E-state index in [1.807, 2.05) is 44.2 Å². The Balaban J connectivity index is 1.41. The lowest BCUT2D eigenvalue weighted by atomic mass is 10.1. The van der Waals surface area contributed by atoms with E-state index in [1.165, 1.54) is 23.1 Å². The molecule has 1 aromatic heterocycles. The van der Waals surface area contributed by atoms with Gasteiger partial charge in [0.05, 0.1) is 16.4 Å². The predicted octanol–water partition coefficient (Wildman–Crippen LogP) is 5.55. The van der Waals surface area contributed by atoms with Gasteiger partial charge in [0.2, 0.25) is 18.6 Å². The van der Waals surface area contributed by atoms with Crippen molar-refractivity contribution in [1.29, 1.82) is 0 Å². The minimum absolute atomic E-state index is 0.0601. The van der Waals surface area contributed by atoms with Crippen molar-refractivity contribution in [3.05, 3.63) is 89.3 Å². The topological polar surface area (TPSA) is 85.7 Å². The van der Waals surface area contributed by atoms with Crippen LogP contribution in [0.25, 0.3) is 16.9 Å². The Morgan fingerprint density at radius 3 is 2.58 bits per heavy atom. The van der Waals surface area contributed by atoms with Gasteiger partial charge >= 0.3 is 0 Å². The van der Waals surface area contributed by atoms with Crippen molar-refractivity contribution in [3.63, 3.8) is 0 Å². The van der Waals surface area contributed by atoms with Crippen LogP contribution in [-0.4, -0.2) is 45.6 Å². The molecule has 1 aliphatic rings. The van der Waals surface area contributed by atoms with Crippen LogP contribution in [0.3, 0.4) is 0 Å². The van der Waals surface area contributed by atoms with E-state index in [0.717, 1.165) is 5.56 Å². The average Bonchev–Trinajstić information content (AvgIpc) is 3.55. The van der Waals surface area contributed by atoms with E-state index in [0.29, 0.717) is 28.4 Å². The maximum absolute atomic E-state index is 13.8. The number of anilines is 1. The van der Waals surface area contributed by atoms with E-state index >= 15 is 0 Å². The Morgan fingerprint density at radius 2 is 1.84 bits per heavy atom. The second-order valence-corrected chi connectivity index (χ2v) is 9.33. The summed E-state index contributed by atoms with van der Waals surface area (Å²) >= 11 is 6.02. The molecule has 0 saturated heterocycles. The highest BCUT2D eigenvalue weighted by Crippen LogP contribution is 2.33. The van der Waals surface area contributed by atoms with Crippen LogP contribution in [-0.2, 0) is 4.79 Å². The fraction of sp³-hybridized carbons (Fsp3) is 0.179. The van der Waals surface area contributed by atoms with E-state index in [2.05, 4.69) is 10.3 Å². The molecule has 2 heterocycles. The lowest BCUT2D eigenvalue weighted by Gasteiger charge is -2.26. The van der Waals surface area contributed by atoms with Crippen molar-refractivity contribution < 1.29 is 23.5 Å². The first-order valence-electron chi connectivity index (χ1n) is 11.9. The van der Waals surface area contributed by atoms with Crippen molar-refractivity contribution in [2.45, 2.75) is 19.9 Å². The number of nitrogens with one attached hydrogen (secondary N) is 1. The number of aromatic nitrogens is 2. The van der Waals surface area contributed by atoms with E-state index in [4.69, 9.17) is 21.1 Å². The molecule has 0 spiro atoms. The van der Waals surface area contributed by atoms with Gasteiger partial charge in [-0.05, 0) is 50.2 Å². The van der Waals surface area contributed by atoms with Crippen LogP contribution < -0.4 is 14.8 Å². The second kappa shape index (κ2) is 10.5. The van der Waals surface area contributed by atoms with Crippen LogP contribution in [0.15, 0.2) is 72.9 Å². The number of fused-ring (bicyclic) bond motifs is 1. The van der Waals surface area contributed by atoms with Crippen LogP contribution in [0.1, 0.15) is 24.2 Å². The summed E-state index contributed by atoms with van der Waals surface area (Å²) in [4.78, 5) is 32.6. The van der Waals surface area contributed by atoms with Crippen LogP contribution in [0.2, 0.25) is 5.02 Å². The van der Waals surface area contributed by atoms with E-state index in [1.54, 1.807) is 29.0 Å². The summed E-state index contributed by atoms with van der Waals surface area (Å²) in [5, 5.41) is 2.74. The fourth-order valence-electron chi connectivity index (χ4n) is 4.05. The highest BCUT2D eigenvalue weighted by atomic mass is 35.5. The summed E-state index contributed by atoms with van der Waals surface area (Å²) in [5.41, 5.74) is 2.32. The number of benzene rings is 3. The number of carbonyl (C=O) groups is 2. The van der Waals surface area contributed by atoms with Crippen molar-refractivity contribution in [2.24, 2.45) is 0 Å². The van der Waals surface area contributed by atoms with Gasteiger partial charge in [-0.15, -0.1) is 0 Å². The van der Waals surface area contributed by atoms with Gasteiger partial charge in [-0.3, -0.25) is 19.5 Å². The first-order valence-corrected chi connectivity index (χ1v) is 12.3. The Morgan fingerprint density at radius 1 is 1.08 bits per heavy atom. The third-order valence-corrected chi connectivity index (χ3v) is 6.32. The summed E-state index contributed by atoms with van der Waals surface area (Å²) in [6.07, 6.45) is 1.73. The van der Waals surface area contributed by atoms with Crippen LogP contribution >= 0.6 is 11.6 Å². The van der Waals surface area contributed by atoms with E-state index < -0.39 is 11.7 Å². The number of halogens is 2. The molecule has 3 aromatic carbocycles. The molecule has 4 aromatic rings. The molecule has 0 radical (unpaired) electrons. The first-order chi connectivity index (χ1) is 18.3. The molecule has 1 aliphatic heterocycles. The Bertz CT molecular complexity index is 1510. The number of amides is 2. The van der Waals surface area contributed by atoms with Crippen LogP contribution in [0, 0.1) is 5.82 Å². The molecule has 2 amide bonds. The molecular weight excluding hydrogens is 511 g/mol. The summed E-state index contributed by atoms with van der Waals surface area (Å²) < 4.78 is 26.1. The molecule has 0 atom stereocenters. The Labute approximate surface area is 223 Å². The largest absolute Gasteiger partial charge is 0.454 e. The minimum Gasteiger partial charge on any atom is -0.454 e. The summed E-state index contributed by atoms with van der Waals surface area (Å²) in [7, 11) is 0. The monoisotopic (exact) mass is 534 g/mol. The quantitative estimate of drug-likeness (QED) is 0.336. The van der Waals surface area contributed by atoms with E-state index in [9.17, 15) is 14.0 Å². The molecule has 0 fully saturated rings. The third-order valence-electron chi connectivity index (χ3n) is 6.03. The molecular formula is C28H24ClFN4O4. The zero-order chi connectivity index (χ0) is 26.8. The number of carbonyl (C=O) groups excluding carboxylic acids is 2. The number of hydrogen-bond acceptors (Lipinski definition) is 5. The molecule has 1 N–H and O–H groups in total. The smallest absolute Gasteiger partial charge is 0.254 e. The molecule has 0 bridgehead atoms. The number of ether oxygens (including phenoxy) is 2. The lowest BCUT2D eigenvalue weighted by molar-refractivity contribution is -0.117. The molecule has 0 saturated carbocycles. The Hall–Kier alpha value is -4.37. The number of nitrogens with zero attached hydrogens (tertiary/aromatic N) is 3. The summed E-state index contributed by atoms with van der Waals surface area (Å²) in [5.74, 6) is -0.0795. The highest BCUT2D eigenvalue weighted by molar-refractivity contribution is 6.30. The molecule has 5 rings (SSSR count). The number of rotatable bonds is 7. The fourth-order valence-corrected chi connectivity index (χ4v) is 4.23. The average molecular weight is 535 g/mol. The van der Waals surface area contributed by atoms with Gasteiger partial charge in [-0.25, -0.2) is 9.37 Å². The second-order valence-electron chi connectivity index (χ2n) is 8.93. The zero-order valence-electron chi connectivity index (χ0n) is 20.7. The maximum atomic E-state index is 13.8. The SMILES string of the molecule is CC(C)N(CC(=O)Nc1nc(-c2ccccc2)cn1-c1ccc(F)c(Cl)c1)C(=O)c1ccc2c(c1)OCO2. The normalized spacial score (nSPS) is 12.0. The van der Waals surface area contributed by atoms with Crippen LogP contribution in [0.4, 0.5) is 10.3 Å². The predicted molar refractivity (Wildman–Crippen MR) is 141 cm³/mol. The maximum Gasteiger partial charge on any atom is 0.254 e. The molecule has 10 heteroatoms. The molecule has 0 unspecified atom stereocenters. The lowest BCUT2D eigenvalue weighted by Crippen LogP contribution is -2.42. The molecule has 194 valence electrons. The van der Waals surface area contributed by atoms with Crippen molar-refractivity contribution in [3.8, 4) is 28.4 Å². The first kappa shape index (κ1) is 25.3. The standard InChI is InChI=1S/C28H24ClFN4O4/c1-17(2)33(27(36)19-8-11-24-25(12-19)38-16-37-24)15-26(35)32-28-31-23(18-6-4-3-5-7-18)14-34(28)20-9-10-22(30)21(29)13-20/h3-14,17H,15-16H2,1-2H3,(H,31,32,35). The van der Waals surface area contributed by atoms with Gasteiger partial charge in [0, 0.05) is 23.4 Å².